The Balaban J connectivity index is 1.21. The minimum Gasteiger partial charge on any atom is -0.342 e. The maximum absolute atomic E-state index is 13.0. The number of amides is 4. The molecule has 0 unspecified atom stereocenters. The van der Waals surface area contributed by atoms with Crippen LogP contribution in [0.25, 0.3) is 0 Å². The summed E-state index contributed by atoms with van der Waals surface area (Å²) in [4.78, 5) is 53.7. The van der Waals surface area contributed by atoms with Crippen LogP contribution in [0, 0.1) is 5.92 Å². The number of piperidine rings is 1. The fourth-order valence-electron chi connectivity index (χ4n) is 5.51. The highest BCUT2D eigenvalue weighted by Crippen LogP contribution is 2.35. The lowest BCUT2D eigenvalue weighted by atomic mass is 9.83. The molecular weight excluding hydrogens is 432 g/mol. The Labute approximate surface area is 198 Å². The van der Waals surface area contributed by atoms with Crippen molar-refractivity contribution >= 4 is 23.5 Å². The van der Waals surface area contributed by atoms with Crippen molar-refractivity contribution in [1.82, 2.24) is 14.8 Å². The Hall–Kier alpha value is -3.42. The number of carbonyl (C=O) groups is 3. The zero-order valence-electron chi connectivity index (χ0n) is 19.6. The van der Waals surface area contributed by atoms with Gasteiger partial charge < -0.3 is 14.8 Å². The van der Waals surface area contributed by atoms with Crippen LogP contribution in [0.15, 0.2) is 47.3 Å². The van der Waals surface area contributed by atoms with Crippen LogP contribution in [0.2, 0.25) is 0 Å². The molecule has 2 aromatic rings. The molecule has 2 saturated heterocycles. The second kappa shape index (κ2) is 8.74. The first kappa shape index (κ1) is 22.4. The van der Waals surface area contributed by atoms with Crippen molar-refractivity contribution in [2.45, 2.75) is 57.5 Å². The highest BCUT2D eigenvalue weighted by atomic mass is 16.2. The van der Waals surface area contributed by atoms with Gasteiger partial charge in [-0.15, -0.1) is 0 Å². The van der Waals surface area contributed by atoms with E-state index in [4.69, 9.17) is 0 Å². The zero-order valence-corrected chi connectivity index (χ0v) is 19.6. The van der Waals surface area contributed by atoms with Crippen LogP contribution in [0.5, 0.6) is 0 Å². The second-order valence-corrected chi connectivity index (χ2v) is 9.96. The predicted octanol–water partition coefficient (Wildman–Crippen LogP) is 2.82. The summed E-state index contributed by atoms with van der Waals surface area (Å²) < 4.78 is 1.84. The number of benzene rings is 1. The van der Waals surface area contributed by atoms with E-state index < -0.39 is 12.1 Å². The summed E-state index contributed by atoms with van der Waals surface area (Å²) in [6, 6.07) is 11.6. The van der Waals surface area contributed by atoms with Crippen LogP contribution < -0.4 is 15.8 Å². The van der Waals surface area contributed by atoms with Gasteiger partial charge in [0.05, 0.1) is 5.69 Å². The molecule has 1 aromatic heterocycles. The minimum atomic E-state index is -0.704. The molecule has 3 atom stereocenters. The predicted molar refractivity (Wildman–Crippen MR) is 128 cm³/mol. The Kier molecular flexibility index (Phi) is 5.75. The molecule has 3 aliphatic heterocycles. The molecule has 1 N–H and O–H groups in total. The summed E-state index contributed by atoms with van der Waals surface area (Å²) in [6.45, 7) is 6.01. The molecule has 8 heteroatoms. The number of likely N-dealkylation sites (tertiary alicyclic amines) is 1. The van der Waals surface area contributed by atoms with Gasteiger partial charge in [0.15, 0.2) is 0 Å². The number of pyridine rings is 1. The minimum absolute atomic E-state index is 0.0109. The third-order valence-electron chi connectivity index (χ3n) is 7.32. The monoisotopic (exact) mass is 462 g/mol. The Morgan fingerprint density at radius 1 is 1.03 bits per heavy atom. The second-order valence-electron chi connectivity index (χ2n) is 9.96. The van der Waals surface area contributed by atoms with E-state index in [2.05, 4.69) is 19.2 Å². The molecule has 3 aliphatic rings. The van der Waals surface area contributed by atoms with Crippen molar-refractivity contribution in [2.75, 3.05) is 18.0 Å². The van der Waals surface area contributed by atoms with Gasteiger partial charge in [-0.2, -0.15) is 0 Å². The summed E-state index contributed by atoms with van der Waals surface area (Å²) in [7, 11) is 0. The molecule has 0 saturated carbocycles. The van der Waals surface area contributed by atoms with E-state index in [0.717, 1.165) is 17.7 Å². The van der Waals surface area contributed by atoms with Gasteiger partial charge in [0, 0.05) is 43.7 Å². The number of fused-ring (bicyclic) bond motifs is 4. The molecule has 0 spiro atoms. The lowest BCUT2D eigenvalue weighted by molar-refractivity contribution is -0.134. The molecule has 4 amide bonds. The molecule has 1 aromatic carbocycles. The third kappa shape index (κ3) is 4.02. The van der Waals surface area contributed by atoms with E-state index in [1.165, 1.54) is 4.90 Å². The van der Waals surface area contributed by atoms with Crippen molar-refractivity contribution < 1.29 is 14.4 Å². The Morgan fingerprint density at radius 2 is 1.79 bits per heavy atom. The largest absolute Gasteiger partial charge is 0.342 e. The fraction of sp³-hybridized carbons (Fsp3) is 0.462. The molecular formula is C26H30N4O4. The van der Waals surface area contributed by atoms with Crippen LogP contribution in [0.3, 0.4) is 0 Å². The first-order chi connectivity index (χ1) is 16.3. The molecule has 8 nitrogen and oxygen atoms in total. The highest BCUT2D eigenvalue weighted by molar-refractivity contribution is 6.21. The number of nitrogens with one attached hydrogen (secondary N) is 1. The van der Waals surface area contributed by atoms with Gasteiger partial charge in [-0.25, -0.2) is 9.69 Å². The van der Waals surface area contributed by atoms with Crippen molar-refractivity contribution in [1.29, 1.82) is 0 Å². The standard InChI is InChI=1S/C26H30N4O4/c1-16(2)18-6-8-20(9-7-18)30-25(33)21(27-26(30)34)10-11-23(31)28-13-17-12-19(15-28)22-4-3-5-24(32)29(22)14-17/h3-9,16-17,19,21H,10-15H2,1-2H3,(H,27,34)/t17-,19+,21-/m1/s1. The number of carbonyl (C=O) groups excluding carboxylic acids is 3. The summed E-state index contributed by atoms with van der Waals surface area (Å²) in [5.41, 5.74) is 2.69. The molecule has 0 radical (unpaired) electrons. The van der Waals surface area contributed by atoms with Crippen LogP contribution in [-0.2, 0) is 16.1 Å². The number of anilines is 1. The maximum atomic E-state index is 13.0. The summed E-state index contributed by atoms with van der Waals surface area (Å²) in [5.74, 6) is 0.441. The van der Waals surface area contributed by atoms with Gasteiger partial charge in [-0.1, -0.05) is 32.0 Å². The highest BCUT2D eigenvalue weighted by Gasteiger charge is 2.40. The van der Waals surface area contributed by atoms with Gasteiger partial charge in [0.2, 0.25) is 5.91 Å². The van der Waals surface area contributed by atoms with Crippen molar-refractivity contribution in [3.63, 3.8) is 0 Å². The number of hydrogen-bond acceptors (Lipinski definition) is 4. The number of rotatable bonds is 5. The normalized spacial score (nSPS) is 23.8. The summed E-state index contributed by atoms with van der Waals surface area (Å²) >= 11 is 0. The number of aromatic nitrogens is 1. The van der Waals surface area contributed by atoms with Crippen molar-refractivity contribution in [3.05, 3.63) is 64.1 Å². The quantitative estimate of drug-likeness (QED) is 0.692. The molecule has 5 rings (SSSR count). The van der Waals surface area contributed by atoms with Gasteiger partial charge in [0.25, 0.3) is 11.5 Å². The topological polar surface area (TPSA) is 91.7 Å². The van der Waals surface area contributed by atoms with Crippen molar-refractivity contribution in [3.8, 4) is 0 Å². The Morgan fingerprint density at radius 3 is 2.53 bits per heavy atom. The summed E-state index contributed by atoms with van der Waals surface area (Å²) in [6.07, 6.45) is 1.44. The van der Waals surface area contributed by atoms with Gasteiger partial charge in [-0.3, -0.25) is 14.4 Å². The maximum Gasteiger partial charge on any atom is 0.329 e. The molecule has 178 valence electrons. The third-order valence-corrected chi connectivity index (χ3v) is 7.32. The number of urea groups is 1. The number of nitrogens with zero attached hydrogens (tertiary/aromatic N) is 3. The van der Waals surface area contributed by atoms with Gasteiger partial charge >= 0.3 is 6.03 Å². The lowest BCUT2D eigenvalue weighted by Gasteiger charge is -2.42. The molecule has 2 bridgehead atoms. The van der Waals surface area contributed by atoms with E-state index in [9.17, 15) is 19.2 Å². The van der Waals surface area contributed by atoms with Gasteiger partial charge in [0.1, 0.15) is 6.04 Å². The first-order valence-corrected chi connectivity index (χ1v) is 12.0. The zero-order chi connectivity index (χ0) is 24.0. The molecule has 4 heterocycles. The SMILES string of the molecule is CC(C)c1ccc(N2C(=O)N[C@H](CCC(=O)N3C[C@H]4C[C@@H](C3)c3cccc(=O)n3C4)C2=O)cc1. The van der Waals surface area contributed by atoms with E-state index in [-0.39, 0.29) is 42.1 Å². The van der Waals surface area contributed by atoms with Gasteiger partial charge in [-0.05, 0) is 48.4 Å². The van der Waals surface area contributed by atoms with Crippen LogP contribution in [0.4, 0.5) is 10.5 Å². The van der Waals surface area contributed by atoms with E-state index in [0.29, 0.717) is 31.2 Å². The van der Waals surface area contributed by atoms with Crippen LogP contribution >= 0.6 is 0 Å². The lowest BCUT2D eigenvalue weighted by Crippen LogP contribution is -2.49. The van der Waals surface area contributed by atoms with E-state index >= 15 is 0 Å². The smallest absolute Gasteiger partial charge is 0.329 e. The van der Waals surface area contributed by atoms with Crippen LogP contribution in [-0.4, -0.2) is 46.4 Å². The van der Waals surface area contributed by atoms with Crippen LogP contribution in [0.1, 0.15) is 56.2 Å². The summed E-state index contributed by atoms with van der Waals surface area (Å²) in [5, 5.41) is 2.74. The molecule has 34 heavy (non-hydrogen) atoms. The molecule has 2 fully saturated rings. The average molecular weight is 463 g/mol. The molecule has 0 aliphatic carbocycles. The fourth-order valence-corrected chi connectivity index (χ4v) is 5.51. The van der Waals surface area contributed by atoms with Crippen molar-refractivity contribution in [2.24, 2.45) is 5.92 Å². The number of imide groups is 1. The number of hydrogen-bond donors (Lipinski definition) is 1. The Bertz CT molecular complexity index is 1190. The average Bonchev–Trinajstić information content (AvgIpc) is 3.11. The van der Waals surface area contributed by atoms with E-state index in [1.807, 2.05) is 27.7 Å². The van der Waals surface area contributed by atoms with E-state index in [1.54, 1.807) is 24.3 Å². The first-order valence-electron chi connectivity index (χ1n) is 12.0.